The molecule has 2 N–H and O–H groups in total. The lowest BCUT2D eigenvalue weighted by Gasteiger charge is -2.26. The van der Waals surface area contributed by atoms with Crippen molar-refractivity contribution >= 4 is 17.6 Å². The Balaban J connectivity index is 1.78. The fraction of sp³-hybridized carbons (Fsp3) is 0.176. The molecule has 0 saturated carbocycles. The van der Waals surface area contributed by atoms with E-state index in [0.29, 0.717) is 24.4 Å². The summed E-state index contributed by atoms with van der Waals surface area (Å²) in [4.78, 5) is 25.3. The number of nitrogens with zero attached hydrogens (tertiary/aromatic N) is 1. The first-order valence-corrected chi connectivity index (χ1v) is 7.43. The van der Waals surface area contributed by atoms with E-state index in [-0.39, 0.29) is 11.6 Å². The molecule has 3 rings (SSSR count). The minimum atomic E-state index is -1.07. The Kier molecular flexibility index (Phi) is 4.35. The second kappa shape index (κ2) is 6.46. The molecule has 0 atom stereocenters. The van der Waals surface area contributed by atoms with Crippen LogP contribution in [0.2, 0.25) is 0 Å². The predicted octanol–water partition coefficient (Wildman–Crippen LogP) is 2.69. The minimum Gasteiger partial charge on any atom is -0.348 e. The molecule has 1 heterocycles. The maximum atomic E-state index is 13.6. The average molecular weight is 349 g/mol. The zero-order valence-electron chi connectivity index (χ0n) is 13.2. The van der Waals surface area contributed by atoms with Gasteiger partial charge in [-0.15, -0.1) is 0 Å². The van der Waals surface area contributed by atoms with Crippen LogP contribution in [0.3, 0.4) is 0 Å². The Morgan fingerprint density at radius 3 is 2.56 bits per heavy atom. The number of hydrogen-bond donors (Lipinski definition) is 2. The van der Waals surface area contributed by atoms with E-state index >= 15 is 0 Å². The zero-order valence-corrected chi connectivity index (χ0v) is 13.2. The van der Waals surface area contributed by atoms with Crippen LogP contribution in [0.1, 0.15) is 21.5 Å². The number of nitrogens with one attached hydrogen (secondary N) is 2. The molecule has 2 aromatic carbocycles. The summed E-state index contributed by atoms with van der Waals surface area (Å²) in [5.41, 5.74) is 1.23. The molecule has 0 fully saturated rings. The second-order valence-electron chi connectivity index (χ2n) is 5.59. The van der Waals surface area contributed by atoms with Crippen LogP contribution in [0.5, 0.6) is 0 Å². The summed E-state index contributed by atoms with van der Waals surface area (Å²) in [5, 5.41) is 5.06. The molecular weight excluding hydrogens is 335 g/mol. The highest BCUT2D eigenvalue weighted by atomic mass is 19.1. The minimum absolute atomic E-state index is 0.239. The molecule has 0 unspecified atom stereocenters. The lowest BCUT2D eigenvalue weighted by Crippen LogP contribution is -2.41. The number of carbonyl (C=O) groups is 2. The van der Waals surface area contributed by atoms with Gasteiger partial charge in [-0.2, -0.15) is 0 Å². The van der Waals surface area contributed by atoms with Gasteiger partial charge in [-0.25, -0.2) is 18.0 Å². The molecule has 8 heteroatoms. The van der Waals surface area contributed by atoms with Gasteiger partial charge in [0.2, 0.25) is 0 Å². The SMILES string of the molecule is CN1C(=O)NCc2ccc(C(=O)NCc3c(F)cc(F)cc3F)cc21. The van der Waals surface area contributed by atoms with Gasteiger partial charge in [0.25, 0.3) is 5.91 Å². The van der Waals surface area contributed by atoms with Crippen LogP contribution in [0.4, 0.5) is 23.7 Å². The van der Waals surface area contributed by atoms with Crippen molar-refractivity contribution in [1.29, 1.82) is 0 Å². The molecule has 0 radical (unpaired) electrons. The van der Waals surface area contributed by atoms with Crippen molar-refractivity contribution in [3.05, 3.63) is 64.5 Å². The van der Waals surface area contributed by atoms with Gasteiger partial charge in [-0.1, -0.05) is 6.07 Å². The van der Waals surface area contributed by atoms with Crippen molar-refractivity contribution in [2.45, 2.75) is 13.1 Å². The standard InChI is InChI=1S/C17H14F3N3O2/c1-23-15-4-9(2-3-10(15)7-22-17(23)25)16(24)21-8-12-13(19)5-11(18)6-14(12)20/h2-6H,7-8H2,1H3,(H,21,24)(H,22,25). The van der Waals surface area contributed by atoms with E-state index in [1.165, 1.54) is 11.0 Å². The van der Waals surface area contributed by atoms with Gasteiger partial charge in [-0.3, -0.25) is 9.69 Å². The monoisotopic (exact) mass is 349 g/mol. The summed E-state index contributed by atoms with van der Waals surface area (Å²) in [5.74, 6) is -3.73. The molecule has 3 amide bonds. The molecule has 0 aromatic heterocycles. The van der Waals surface area contributed by atoms with Crippen LogP contribution in [-0.2, 0) is 13.1 Å². The van der Waals surface area contributed by atoms with E-state index < -0.39 is 35.5 Å². The van der Waals surface area contributed by atoms with E-state index in [9.17, 15) is 22.8 Å². The molecule has 1 aliphatic heterocycles. The van der Waals surface area contributed by atoms with Gasteiger partial charge >= 0.3 is 6.03 Å². The third-order valence-electron chi connectivity index (χ3n) is 3.98. The Bertz CT molecular complexity index is 847. The largest absolute Gasteiger partial charge is 0.348 e. The first-order chi connectivity index (χ1) is 11.9. The number of anilines is 1. The molecule has 0 aliphatic carbocycles. The summed E-state index contributed by atoms with van der Waals surface area (Å²) in [7, 11) is 1.57. The fourth-order valence-electron chi connectivity index (χ4n) is 2.58. The Morgan fingerprint density at radius 2 is 1.88 bits per heavy atom. The first kappa shape index (κ1) is 16.8. The van der Waals surface area contributed by atoms with Crippen molar-refractivity contribution in [1.82, 2.24) is 10.6 Å². The molecule has 0 saturated heterocycles. The summed E-state index contributed by atoms with van der Waals surface area (Å²) < 4.78 is 40.1. The van der Waals surface area contributed by atoms with Crippen molar-refractivity contribution in [2.75, 3.05) is 11.9 Å². The van der Waals surface area contributed by atoms with Gasteiger partial charge in [0.05, 0.1) is 5.69 Å². The first-order valence-electron chi connectivity index (χ1n) is 7.43. The quantitative estimate of drug-likeness (QED) is 0.895. The van der Waals surface area contributed by atoms with E-state index in [1.54, 1.807) is 19.2 Å². The van der Waals surface area contributed by atoms with Crippen LogP contribution >= 0.6 is 0 Å². The van der Waals surface area contributed by atoms with E-state index in [4.69, 9.17) is 0 Å². The maximum absolute atomic E-state index is 13.6. The number of amides is 3. The normalized spacial score (nSPS) is 13.3. The number of benzene rings is 2. The molecular formula is C17H14F3N3O2. The highest BCUT2D eigenvalue weighted by Crippen LogP contribution is 2.24. The third kappa shape index (κ3) is 3.28. The number of rotatable bonds is 3. The molecule has 2 aromatic rings. The van der Waals surface area contributed by atoms with Gasteiger partial charge in [0.1, 0.15) is 17.5 Å². The predicted molar refractivity (Wildman–Crippen MR) is 84.6 cm³/mol. The van der Waals surface area contributed by atoms with Gasteiger partial charge < -0.3 is 10.6 Å². The Morgan fingerprint density at radius 1 is 1.20 bits per heavy atom. The Labute approximate surface area is 141 Å². The van der Waals surface area contributed by atoms with Gasteiger partial charge in [0, 0.05) is 43.4 Å². The van der Waals surface area contributed by atoms with Crippen molar-refractivity contribution in [3.8, 4) is 0 Å². The lowest BCUT2D eigenvalue weighted by atomic mass is 10.1. The summed E-state index contributed by atoms with van der Waals surface area (Å²) in [6.07, 6.45) is 0. The zero-order chi connectivity index (χ0) is 18.1. The van der Waals surface area contributed by atoms with Crippen molar-refractivity contribution < 1.29 is 22.8 Å². The summed E-state index contributed by atoms with van der Waals surface area (Å²) >= 11 is 0. The van der Waals surface area contributed by atoms with E-state index in [1.807, 2.05) is 0 Å². The van der Waals surface area contributed by atoms with Crippen LogP contribution in [0.25, 0.3) is 0 Å². The molecule has 0 spiro atoms. The van der Waals surface area contributed by atoms with E-state index in [0.717, 1.165) is 5.56 Å². The Hall–Kier alpha value is -3.03. The van der Waals surface area contributed by atoms with Crippen LogP contribution in [0, 0.1) is 17.5 Å². The number of urea groups is 1. The summed E-state index contributed by atoms with van der Waals surface area (Å²) in [6, 6.07) is 5.59. The number of fused-ring (bicyclic) bond motifs is 1. The number of hydrogen-bond acceptors (Lipinski definition) is 2. The molecule has 0 bridgehead atoms. The van der Waals surface area contributed by atoms with Crippen LogP contribution < -0.4 is 15.5 Å². The highest BCUT2D eigenvalue weighted by Gasteiger charge is 2.21. The summed E-state index contributed by atoms with van der Waals surface area (Å²) in [6.45, 7) is -0.0728. The van der Waals surface area contributed by atoms with Crippen molar-refractivity contribution in [2.24, 2.45) is 0 Å². The average Bonchev–Trinajstić information content (AvgIpc) is 2.57. The van der Waals surface area contributed by atoms with Gasteiger partial charge in [0.15, 0.2) is 0 Å². The fourth-order valence-corrected chi connectivity index (χ4v) is 2.58. The molecule has 5 nitrogen and oxygen atoms in total. The van der Waals surface area contributed by atoms with Crippen LogP contribution in [-0.4, -0.2) is 19.0 Å². The topological polar surface area (TPSA) is 61.4 Å². The molecule has 25 heavy (non-hydrogen) atoms. The van der Waals surface area contributed by atoms with E-state index in [2.05, 4.69) is 10.6 Å². The molecule has 1 aliphatic rings. The second-order valence-corrected chi connectivity index (χ2v) is 5.59. The van der Waals surface area contributed by atoms with Crippen molar-refractivity contribution in [3.63, 3.8) is 0 Å². The lowest BCUT2D eigenvalue weighted by molar-refractivity contribution is 0.0950. The maximum Gasteiger partial charge on any atom is 0.321 e. The third-order valence-corrected chi connectivity index (χ3v) is 3.98. The van der Waals surface area contributed by atoms with Gasteiger partial charge in [-0.05, 0) is 17.7 Å². The number of halogens is 3. The van der Waals surface area contributed by atoms with Crippen LogP contribution in [0.15, 0.2) is 30.3 Å². The smallest absolute Gasteiger partial charge is 0.321 e. The highest BCUT2D eigenvalue weighted by molar-refractivity contribution is 5.99. The number of carbonyl (C=O) groups excluding carboxylic acids is 2. The molecule has 130 valence electrons.